The molecule has 1 aromatic carbocycles. The van der Waals surface area contributed by atoms with Gasteiger partial charge in [0.25, 0.3) is 0 Å². The van der Waals surface area contributed by atoms with Crippen LogP contribution in [0.4, 0.5) is 0 Å². The Morgan fingerprint density at radius 3 is 2.61 bits per heavy atom. The van der Waals surface area contributed by atoms with E-state index in [4.69, 9.17) is 4.74 Å². The van der Waals surface area contributed by atoms with E-state index in [1.54, 1.807) is 18.2 Å². The van der Waals surface area contributed by atoms with E-state index in [1.165, 1.54) is 26.0 Å². The fourth-order valence-electron chi connectivity index (χ4n) is 1.38. The van der Waals surface area contributed by atoms with Gasteiger partial charge in [0, 0.05) is 5.75 Å². The van der Waals surface area contributed by atoms with Gasteiger partial charge < -0.3 is 9.47 Å². The van der Waals surface area contributed by atoms with Crippen molar-refractivity contribution >= 4 is 23.5 Å². The molecule has 0 radical (unpaired) electrons. The average Bonchev–Trinajstić information content (AvgIpc) is 2.42. The highest BCUT2D eigenvalue weighted by Crippen LogP contribution is 2.19. The Bertz CT molecular complexity index is 417. The van der Waals surface area contributed by atoms with Crippen molar-refractivity contribution in [2.24, 2.45) is 0 Å². The molecule has 0 saturated heterocycles. The van der Waals surface area contributed by atoms with E-state index in [2.05, 4.69) is 4.74 Å². The van der Waals surface area contributed by atoms with Crippen LogP contribution in [0.2, 0.25) is 0 Å². The number of benzene rings is 1. The monoisotopic (exact) mass is 268 g/mol. The standard InChI is InChI=1S/C13H16O4S/c1-16-12-6-4-3-5-10(12)11(14)9-18-8-7-13(15)17-2/h3-6H,7-9H2,1-2H3. The van der Waals surface area contributed by atoms with Gasteiger partial charge in [0.1, 0.15) is 5.75 Å². The molecular weight excluding hydrogens is 252 g/mol. The third-order valence-electron chi connectivity index (χ3n) is 2.32. The largest absolute Gasteiger partial charge is 0.496 e. The van der Waals surface area contributed by atoms with Crippen molar-refractivity contribution in [1.29, 1.82) is 0 Å². The van der Waals surface area contributed by atoms with Gasteiger partial charge in [0.2, 0.25) is 0 Å². The molecule has 0 aliphatic heterocycles. The maximum Gasteiger partial charge on any atom is 0.306 e. The zero-order valence-corrected chi connectivity index (χ0v) is 11.3. The number of hydrogen-bond donors (Lipinski definition) is 0. The number of para-hydroxylation sites is 1. The number of thioether (sulfide) groups is 1. The van der Waals surface area contributed by atoms with E-state index in [0.29, 0.717) is 29.2 Å². The van der Waals surface area contributed by atoms with Crippen LogP contribution in [0.25, 0.3) is 0 Å². The molecule has 1 aromatic rings. The van der Waals surface area contributed by atoms with E-state index in [1.807, 2.05) is 6.07 Å². The average molecular weight is 268 g/mol. The Morgan fingerprint density at radius 1 is 1.22 bits per heavy atom. The Labute approximate surface area is 111 Å². The number of esters is 1. The van der Waals surface area contributed by atoms with Crippen molar-refractivity contribution in [3.05, 3.63) is 29.8 Å². The van der Waals surface area contributed by atoms with Gasteiger partial charge in [-0.05, 0) is 12.1 Å². The third-order valence-corrected chi connectivity index (χ3v) is 3.28. The molecule has 0 aliphatic carbocycles. The molecule has 0 aliphatic rings. The number of ketones is 1. The molecule has 4 nitrogen and oxygen atoms in total. The summed E-state index contributed by atoms with van der Waals surface area (Å²) in [7, 11) is 2.89. The zero-order valence-electron chi connectivity index (χ0n) is 10.5. The maximum absolute atomic E-state index is 11.9. The van der Waals surface area contributed by atoms with Gasteiger partial charge in [0.05, 0.1) is 32.0 Å². The molecule has 1 rings (SSSR count). The number of methoxy groups -OCH3 is 2. The minimum atomic E-state index is -0.257. The van der Waals surface area contributed by atoms with Crippen LogP contribution in [0.15, 0.2) is 24.3 Å². The number of hydrogen-bond acceptors (Lipinski definition) is 5. The Hall–Kier alpha value is -1.49. The molecule has 0 amide bonds. The highest BCUT2D eigenvalue weighted by Gasteiger charge is 2.11. The fourth-order valence-corrected chi connectivity index (χ4v) is 2.17. The summed E-state index contributed by atoms with van der Waals surface area (Å²) >= 11 is 1.41. The molecule has 0 aromatic heterocycles. The molecule has 0 saturated carbocycles. The van der Waals surface area contributed by atoms with Crippen molar-refractivity contribution in [3.63, 3.8) is 0 Å². The molecule has 0 atom stereocenters. The number of Topliss-reactive ketones (excluding diaryl/α,β-unsaturated/α-hetero) is 1. The molecule has 0 heterocycles. The third kappa shape index (κ3) is 4.41. The van der Waals surface area contributed by atoms with Crippen LogP contribution in [0.5, 0.6) is 5.75 Å². The maximum atomic E-state index is 11.9. The first-order valence-electron chi connectivity index (χ1n) is 5.49. The topological polar surface area (TPSA) is 52.6 Å². The molecule has 0 spiro atoms. The first-order valence-corrected chi connectivity index (χ1v) is 6.65. The minimum Gasteiger partial charge on any atom is -0.496 e. The highest BCUT2D eigenvalue weighted by molar-refractivity contribution is 8.00. The van der Waals surface area contributed by atoms with Crippen molar-refractivity contribution in [1.82, 2.24) is 0 Å². The van der Waals surface area contributed by atoms with Gasteiger partial charge in [-0.2, -0.15) is 11.8 Å². The van der Waals surface area contributed by atoms with Gasteiger partial charge in [-0.15, -0.1) is 0 Å². The summed E-state index contributed by atoms with van der Waals surface area (Å²) in [6.07, 6.45) is 0.320. The smallest absolute Gasteiger partial charge is 0.306 e. The summed E-state index contributed by atoms with van der Waals surface area (Å²) in [6, 6.07) is 7.11. The molecule has 98 valence electrons. The predicted molar refractivity (Wildman–Crippen MR) is 71.3 cm³/mol. The van der Waals surface area contributed by atoms with Crippen LogP contribution in [0.1, 0.15) is 16.8 Å². The number of ether oxygens (including phenoxy) is 2. The molecule has 5 heteroatoms. The Morgan fingerprint density at radius 2 is 1.94 bits per heavy atom. The summed E-state index contributed by atoms with van der Waals surface area (Å²) in [5.41, 5.74) is 0.575. The number of carbonyl (C=O) groups is 2. The lowest BCUT2D eigenvalue weighted by Crippen LogP contribution is -2.07. The molecule has 0 bridgehead atoms. The molecule has 0 N–H and O–H groups in total. The lowest BCUT2D eigenvalue weighted by molar-refractivity contribution is -0.140. The normalized spacial score (nSPS) is 9.89. The zero-order chi connectivity index (χ0) is 13.4. The summed E-state index contributed by atoms with van der Waals surface area (Å²) in [4.78, 5) is 22.8. The van der Waals surface area contributed by atoms with Crippen LogP contribution in [-0.4, -0.2) is 37.5 Å². The predicted octanol–water partition coefficient (Wildman–Crippen LogP) is 2.17. The summed E-state index contributed by atoms with van der Waals surface area (Å²) < 4.78 is 9.65. The fraction of sp³-hybridized carbons (Fsp3) is 0.385. The van der Waals surface area contributed by atoms with Crippen LogP contribution >= 0.6 is 11.8 Å². The molecular formula is C13H16O4S. The Kier molecular flexibility index (Phi) is 6.28. The van der Waals surface area contributed by atoms with E-state index in [0.717, 1.165) is 0 Å². The van der Waals surface area contributed by atoms with Gasteiger partial charge in [-0.25, -0.2) is 0 Å². The van der Waals surface area contributed by atoms with Crippen molar-refractivity contribution < 1.29 is 19.1 Å². The Balaban J connectivity index is 2.43. The first kappa shape index (κ1) is 14.6. The molecule has 0 fully saturated rings. The van der Waals surface area contributed by atoms with Gasteiger partial charge >= 0.3 is 5.97 Å². The quantitative estimate of drug-likeness (QED) is 0.431. The van der Waals surface area contributed by atoms with Crippen molar-refractivity contribution in [3.8, 4) is 5.75 Å². The first-order chi connectivity index (χ1) is 8.69. The number of carbonyl (C=O) groups excluding carboxylic acids is 2. The number of rotatable bonds is 7. The SMILES string of the molecule is COC(=O)CCSCC(=O)c1ccccc1OC. The van der Waals surface area contributed by atoms with E-state index < -0.39 is 0 Å². The second kappa shape index (κ2) is 7.76. The van der Waals surface area contributed by atoms with Crippen LogP contribution in [0, 0.1) is 0 Å². The van der Waals surface area contributed by atoms with Crippen LogP contribution in [-0.2, 0) is 9.53 Å². The molecule has 0 unspecified atom stereocenters. The summed E-state index contributed by atoms with van der Waals surface area (Å²) in [5.74, 6) is 1.23. The van der Waals surface area contributed by atoms with Crippen molar-refractivity contribution in [2.45, 2.75) is 6.42 Å². The summed E-state index contributed by atoms with van der Waals surface area (Å²) in [5, 5.41) is 0. The lowest BCUT2D eigenvalue weighted by atomic mass is 10.1. The lowest BCUT2D eigenvalue weighted by Gasteiger charge is -2.06. The van der Waals surface area contributed by atoms with E-state index >= 15 is 0 Å². The second-order valence-corrected chi connectivity index (χ2v) is 4.61. The van der Waals surface area contributed by atoms with E-state index in [9.17, 15) is 9.59 Å². The summed E-state index contributed by atoms with van der Waals surface area (Å²) in [6.45, 7) is 0. The highest BCUT2D eigenvalue weighted by atomic mass is 32.2. The van der Waals surface area contributed by atoms with E-state index in [-0.39, 0.29) is 11.8 Å². The van der Waals surface area contributed by atoms with Gasteiger partial charge in [-0.3, -0.25) is 9.59 Å². The second-order valence-electron chi connectivity index (χ2n) is 3.50. The van der Waals surface area contributed by atoms with Crippen LogP contribution in [0.3, 0.4) is 0 Å². The van der Waals surface area contributed by atoms with Gasteiger partial charge in [0.15, 0.2) is 5.78 Å². The molecule has 18 heavy (non-hydrogen) atoms. The van der Waals surface area contributed by atoms with Gasteiger partial charge in [-0.1, -0.05) is 12.1 Å². The minimum absolute atomic E-state index is 0.00214. The van der Waals surface area contributed by atoms with Crippen LogP contribution < -0.4 is 4.74 Å². The van der Waals surface area contributed by atoms with Crippen molar-refractivity contribution in [2.75, 3.05) is 25.7 Å².